The van der Waals surface area contributed by atoms with Crippen LogP contribution in [-0.4, -0.2) is 28.8 Å². The molecule has 1 fully saturated rings. The third kappa shape index (κ3) is 2.57. The normalized spacial score (nSPS) is 24.2. The van der Waals surface area contributed by atoms with Crippen LogP contribution in [0.25, 0.3) is 0 Å². The minimum atomic E-state index is -0.707. The van der Waals surface area contributed by atoms with Crippen molar-refractivity contribution in [3.63, 3.8) is 0 Å². The second kappa shape index (κ2) is 4.49. The SMILES string of the molecule is CC1(O)CCN(c2nc(NN)c(Cl)cc2Cl)C1. The summed E-state index contributed by atoms with van der Waals surface area (Å²) in [5, 5.41) is 10.7. The van der Waals surface area contributed by atoms with E-state index in [0.29, 0.717) is 41.2 Å². The van der Waals surface area contributed by atoms with Gasteiger partial charge in [-0.15, -0.1) is 0 Å². The van der Waals surface area contributed by atoms with Crippen LogP contribution in [0.3, 0.4) is 0 Å². The molecule has 0 aromatic carbocycles. The highest BCUT2D eigenvalue weighted by Gasteiger charge is 2.33. The lowest BCUT2D eigenvalue weighted by atomic mass is 10.1. The van der Waals surface area contributed by atoms with Gasteiger partial charge in [-0.25, -0.2) is 10.8 Å². The molecule has 1 aromatic heterocycles. The van der Waals surface area contributed by atoms with E-state index in [9.17, 15) is 5.11 Å². The highest BCUT2D eigenvalue weighted by Crippen LogP contribution is 2.34. The molecule has 94 valence electrons. The van der Waals surface area contributed by atoms with E-state index in [4.69, 9.17) is 29.0 Å². The van der Waals surface area contributed by atoms with Crippen molar-refractivity contribution in [3.05, 3.63) is 16.1 Å². The maximum Gasteiger partial charge on any atom is 0.161 e. The van der Waals surface area contributed by atoms with Gasteiger partial charge < -0.3 is 15.4 Å². The highest BCUT2D eigenvalue weighted by atomic mass is 35.5. The van der Waals surface area contributed by atoms with Crippen molar-refractivity contribution < 1.29 is 5.11 Å². The molecule has 7 heteroatoms. The highest BCUT2D eigenvalue weighted by molar-refractivity contribution is 6.37. The summed E-state index contributed by atoms with van der Waals surface area (Å²) >= 11 is 12.0. The largest absolute Gasteiger partial charge is 0.388 e. The summed E-state index contributed by atoms with van der Waals surface area (Å²) in [5.74, 6) is 6.27. The van der Waals surface area contributed by atoms with E-state index < -0.39 is 5.60 Å². The van der Waals surface area contributed by atoms with Crippen LogP contribution in [0.5, 0.6) is 0 Å². The zero-order valence-corrected chi connectivity index (χ0v) is 10.9. The standard InChI is InChI=1S/C10H14Cl2N4O/c1-10(17)2-3-16(5-10)9-7(12)4-6(11)8(14-9)15-13/h4,17H,2-3,5,13H2,1H3,(H,14,15). The quantitative estimate of drug-likeness (QED) is 0.566. The van der Waals surface area contributed by atoms with Gasteiger partial charge in [-0.1, -0.05) is 23.2 Å². The maximum absolute atomic E-state index is 9.92. The van der Waals surface area contributed by atoms with E-state index in [2.05, 4.69) is 10.4 Å². The number of nitrogens with one attached hydrogen (secondary N) is 1. The molecule has 2 heterocycles. The average Bonchev–Trinajstić information content (AvgIpc) is 2.59. The van der Waals surface area contributed by atoms with Gasteiger partial charge >= 0.3 is 0 Å². The van der Waals surface area contributed by atoms with E-state index in [1.807, 2.05) is 4.90 Å². The molecule has 4 N–H and O–H groups in total. The molecule has 2 rings (SSSR count). The first kappa shape index (κ1) is 12.7. The number of nitrogen functional groups attached to an aromatic ring is 1. The van der Waals surface area contributed by atoms with Crippen LogP contribution in [0.4, 0.5) is 11.6 Å². The molecule has 5 nitrogen and oxygen atoms in total. The Balaban J connectivity index is 2.33. The monoisotopic (exact) mass is 276 g/mol. The first-order valence-corrected chi connectivity index (χ1v) is 5.98. The van der Waals surface area contributed by atoms with E-state index in [1.54, 1.807) is 13.0 Å². The van der Waals surface area contributed by atoms with Crippen LogP contribution in [-0.2, 0) is 0 Å². The van der Waals surface area contributed by atoms with Gasteiger partial charge in [0.2, 0.25) is 0 Å². The molecule has 1 unspecified atom stereocenters. The summed E-state index contributed by atoms with van der Waals surface area (Å²) in [5.41, 5.74) is 1.71. The third-order valence-electron chi connectivity index (χ3n) is 2.80. The number of hydrogen-bond donors (Lipinski definition) is 3. The van der Waals surface area contributed by atoms with Crippen molar-refractivity contribution in [2.24, 2.45) is 5.84 Å². The molecule has 1 saturated heterocycles. The van der Waals surface area contributed by atoms with Crippen LogP contribution in [0.2, 0.25) is 10.0 Å². The molecule has 0 saturated carbocycles. The van der Waals surface area contributed by atoms with Crippen molar-refractivity contribution >= 4 is 34.8 Å². The van der Waals surface area contributed by atoms with E-state index in [-0.39, 0.29) is 0 Å². The molecule has 0 amide bonds. The number of hydrazine groups is 1. The van der Waals surface area contributed by atoms with Gasteiger partial charge in [0.25, 0.3) is 0 Å². The second-order valence-electron chi connectivity index (χ2n) is 4.44. The Bertz CT molecular complexity index is 439. The zero-order chi connectivity index (χ0) is 12.6. The average molecular weight is 277 g/mol. The fourth-order valence-electron chi connectivity index (χ4n) is 1.91. The Kier molecular flexibility index (Phi) is 3.36. The molecule has 1 aliphatic heterocycles. The number of pyridine rings is 1. The smallest absolute Gasteiger partial charge is 0.161 e. The maximum atomic E-state index is 9.92. The Morgan fingerprint density at radius 1 is 1.53 bits per heavy atom. The van der Waals surface area contributed by atoms with E-state index in [1.165, 1.54) is 0 Å². The number of nitrogens with two attached hydrogens (primary N) is 1. The van der Waals surface area contributed by atoms with Crippen LogP contribution in [0.1, 0.15) is 13.3 Å². The van der Waals surface area contributed by atoms with Crippen LogP contribution in [0.15, 0.2) is 6.07 Å². The molecule has 0 aliphatic carbocycles. The van der Waals surface area contributed by atoms with Crippen molar-refractivity contribution in [1.29, 1.82) is 0 Å². The van der Waals surface area contributed by atoms with Crippen LogP contribution in [0, 0.1) is 0 Å². The van der Waals surface area contributed by atoms with Crippen molar-refractivity contribution in [3.8, 4) is 0 Å². The fourth-order valence-corrected chi connectivity index (χ4v) is 2.44. The Morgan fingerprint density at radius 2 is 2.24 bits per heavy atom. The molecule has 1 aromatic rings. The number of aromatic nitrogens is 1. The Labute approximate surface area is 109 Å². The second-order valence-corrected chi connectivity index (χ2v) is 5.25. The number of β-amino-alcohol motifs (C(OH)–C–C–N with tert-alkyl or cyclic N) is 1. The van der Waals surface area contributed by atoms with Gasteiger partial charge in [0, 0.05) is 13.1 Å². The van der Waals surface area contributed by atoms with Crippen LogP contribution >= 0.6 is 23.2 Å². The summed E-state index contributed by atoms with van der Waals surface area (Å²) in [4.78, 5) is 6.17. The van der Waals surface area contributed by atoms with E-state index in [0.717, 1.165) is 0 Å². The molecule has 0 bridgehead atoms. The van der Waals surface area contributed by atoms with Crippen molar-refractivity contribution in [1.82, 2.24) is 4.98 Å². The molecule has 0 radical (unpaired) electrons. The zero-order valence-electron chi connectivity index (χ0n) is 9.37. The molecule has 1 aliphatic rings. The number of anilines is 2. The first-order chi connectivity index (χ1) is 7.93. The minimum Gasteiger partial charge on any atom is -0.388 e. The number of aliphatic hydroxyl groups is 1. The summed E-state index contributed by atoms with van der Waals surface area (Å²) < 4.78 is 0. The summed E-state index contributed by atoms with van der Waals surface area (Å²) in [7, 11) is 0. The van der Waals surface area contributed by atoms with Gasteiger partial charge in [-0.05, 0) is 19.4 Å². The minimum absolute atomic E-state index is 0.368. The fraction of sp³-hybridized carbons (Fsp3) is 0.500. The number of rotatable bonds is 2. The van der Waals surface area contributed by atoms with Crippen LogP contribution < -0.4 is 16.2 Å². The number of nitrogens with zero attached hydrogens (tertiary/aromatic N) is 2. The lowest BCUT2D eigenvalue weighted by Gasteiger charge is -2.21. The summed E-state index contributed by atoms with van der Waals surface area (Å²) in [6.07, 6.45) is 0.680. The number of halogens is 2. The number of hydrogen-bond acceptors (Lipinski definition) is 5. The Morgan fingerprint density at radius 3 is 2.76 bits per heavy atom. The third-order valence-corrected chi connectivity index (χ3v) is 3.37. The molecular weight excluding hydrogens is 263 g/mol. The first-order valence-electron chi connectivity index (χ1n) is 5.23. The molecule has 17 heavy (non-hydrogen) atoms. The Hall–Kier alpha value is -0.750. The molecule has 1 atom stereocenters. The predicted octanol–water partition coefficient (Wildman–Crippen LogP) is 1.64. The van der Waals surface area contributed by atoms with Crippen molar-refractivity contribution in [2.75, 3.05) is 23.4 Å². The topological polar surface area (TPSA) is 74.4 Å². The van der Waals surface area contributed by atoms with E-state index >= 15 is 0 Å². The van der Waals surface area contributed by atoms with Crippen molar-refractivity contribution in [2.45, 2.75) is 18.9 Å². The van der Waals surface area contributed by atoms with Gasteiger partial charge in [0.1, 0.15) is 5.82 Å². The lowest BCUT2D eigenvalue weighted by Crippen LogP contribution is -2.30. The summed E-state index contributed by atoms with van der Waals surface area (Å²) in [6, 6.07) is 1.59. The van der Waals surface area contributed by atoms with Gasteiger partial charge in [0.05, 0.1) is 15.6 Å². The molecule has 0 spiro atoms. The predicted molar refractivity (Wildman–Crippen MR) is 69.5 cm³/mol. The van der Waals surface area contributed by atoms with Gasteiger partial charge in [-0.2, -0.15) is 0 Å². The van der Waals surface area contributed by atoms with Gasteiger partial charge in [-0.3, -0.25) is 0 Å². The van der Waals surface area contributed by atoms with Gasteiger partial charge in [0.15, 0.2) is 5.82 Å². The lowest BCUT2D eigenvalue weighted by molar-refractivity contribution is 0.0839. The molecular formula is C10H14Cl2N4O. The summed E-state index contributed by atoms with van der Waals surface area (Å²) in [6.45, 7) is 2.98.